The van der Waals surface area contributed by atoms with E-state index in [1.807, 2.05) is 42.5 Å². The van der Waals surface area contributed by atoms with Crippen LogP contribution in [0, 0.1) is 17.6 Å². The van der Waals surface area contributed by atoms with Crippen molar-refractivity contribution in [1.82, 2.24) is 15.5 Å². The first kappa shape index (κ1) is 19.9. The Kier molecular flexibility index (Phi) is 5.97. The normalized spacial score (nSPS) is 16.3. The summed E-state index contributed by atoms with van der Waals surface area (Å²) < 4.78 is 26.6. The third-order valence-corrected chi connectivity index (χ3v) is 5.23. The van der Waals surface area contributed by atoms with Crippen LogP contribution in [0.5, 0.6) is 0 Å². The lowest BCUT2D eigenvalue weighted by atomic mass is 9.97. The zero-order chi connectivity index (χ0) is 20.9. The van der Waals surface area contributed by atoms with Gasteiger partial charge in [-0.3, -0.25) is 4.79 Å². The molecule has 2 aromatic carbocycles. The number of aromatic nitrogens is 2. The van der Waals surface area contributed by atoms with Crippen LogP contribution >= 0.6 is 0 Å². The standard InChI is InChI=1S/C23H22F2N4O/c24-19-11-16(12-20(25)13-19)14-26-23(30)18-7-4-10-29(15-18)22-9-8-21(27-28-22)17-5-2-1-3-6-17/h1-3,5-6,8-9,11-13,18H,4,7,10,14-15H2,(H,26,30)/t18-/m1/s1. The van der Waals surface area contributed by atoms with Gasteiger partial charge in [0.05, 0.1) is 11.6 Å². The third kappa shape index (κ3) is 4.79. The number of nitrogens with one attached hydrogen (secondary N) is 1. The monoisotopic (exact) mass is 408 g/mol. The number of nitrogens with zero attached hydrogens (tertiary/aromatic N) is 3. The number of carbonyl (C=O) groups excluding carboxylic acids is 1. The first-order valence-electron chi connectivity index (χ1n) is 9.95. The SMILES string of the molecule is O=C(NCc1cc(F)cc(F)c1)[C@@H]1CCCN(c2ccc(-c3ccccc3)nn2)C1. The van der Waals surface area contributed by atoms with Crippen molar-refractivity contribution in [3.63, 3.8) is 0 Å². The smallest absolute Gasteiger partial charge is 0.225 e. The average molecular weight is 408 g/mol. The first-order valence-corrected chi connectivity index (χ1v) is 9.95. The number of rotatable bonds is 5. The van der Waals surface area contributed by atoms with E-state index >= 15 is 0 Å². The number of hydrogen-bond donors (Lipinski definition) is 1. The molecule has 1 N–H and O–H groups in total. The van der Waals surface area contributed by atoms with E-state index in [4.69, 9.17) is 0 Å². The zero-order valence-corrected chi connectivity index (χ0v) is 16.4. The lowest BCUT2D eigenvalue weighted by Crippen LogP contribution is -2.43. The molecule has 1 atom stereocenters. The maximum Gasteiger partial charge on any atom is 0.225 e. The van der Waals surface area contributed by atoms with Gasteiger partial charge in [0.1, 0.15) is 11.6 Å². The molecule has 30 heavy (non-hydrogen) atoms. The first-order chi connectivity index (χ1) is 14.6. The molecule has 4 rings (SSSR count). The molecule has 1 amide bonds. The van der Waals surface area contributed by atoms with E-state index in [0.717, 1.165) is 42.5 Å². The fourth-order valence-corrected chi connectivity index (χ4v) is 3.70. The van der Waals surface area contributed by atoms with Gasteiger partial charge in [0, 0.05) is 31.3 Å². The van der Waals surface area contributed by atoms with Crippen LogP contribution in [-0.4, -0.2) is 29.2 Å². The van der Waals surface area contributed by atoms with Crippen molar-refractivity contribution in [3.8, 4) is 11.3 Å². The molecule has 7 heteroatoms. The van der Waals surface area contributed by atoms with Gasteiger partial charge in [0.2, 0.25) is 5.91 Å². The summed E-state index contributed by atoms with van der Waals surface area (Å²) in [5.74, 6) is -0.911. The Hall–Kier alpha value is -3.35. The summed E-state index contributed by atoms with van der Waals surface area (Å²) in [6.07, 6.45) is 1.62. The second-order valence-corrected chi connectivity index (χ2v) is 7.42. The predicted octanol–water partition coefficient (Wildman–Crippen LogP) is 3.95. The van der Waals surface area contributed by atoms with Gasteiger partial charge in [0.25, 0.3) is 0 Å². The molecule has 0 bridgehead atoms. The van der Waals surface area contributed by atoms with Gasteiger partial charge in [0.15, 0.2) is 5.82 Å². The summed E-state index contributed by atoms with van der Waals surface area (Å²) in [4.78, 5) is 14.6. The van der Waals surface area contributed by atoms with E-state index in [1.54, 1.807) is 0 Å². The number of anilines is 1. The second-order valence-electron chi connectivity index (χ2n) is 7.42. The molecule has 0 spiro atoms. The minimum absolute atomic E-state index is 0.0928. The number of carbonyl (C=O) groups is 1. The molecule has 2 heterocycles. The van der Waals surface area contributed by atoms with E-state index in [0.29, 0.717) is 12.1 Å². The summed E-state index contributed by atoms with van der Waals surface area (Å²) in [6, 6.07) is 16.9. The van der Waals surface area contributed by atoms with Crippen molar-refractivity contribution < 1.29 is 13.6 Å². The molecular weight excluding hydrogens is 386 g/mol. The van der Waals surface area contributed by atoms with Gasteiger partial charge in [-0.1, -0.05) is 30.3 Å². The molecule has 1 saturated heterocycles. The summed E-state index contributed by atoms with van der Waals surface area (Å²) in [6.45, 7) is 1.43. The highest BCUT2D eigenvalue weighted by molar-refractivity contribution is 5.79. The lowest BCUT2D eigenvalue weighted by Gasteiger charge is -2.32. The Morgan fingerprint density at radius 2 is 1.80 bits per heavy atom. The minimum atomic E-state index is -0.652. The average Bonchev–Trinajstić information content (AvgIpc) is 2.78. The molecule has 1 fully saturated rings. The van der Waals surface area contributed by atoms with Gasteiger partial charge in [-0.15, -0.1) is 10.2 Å². The van der Waals surface area contributed by atoms with Crippen molar-refractivity contribution in [3.05, 3.63) is 77.9 Å². The molecular formula is C23H22F2N4O. The van der Waals surface area contributed by atoms with Crippen LogP contribution in [0.25, 0.3) is 11.3 Å². The van der Waals surface area contributed by atoms with Gasteiger partial charge in [-0.05, 0) is 42.7 Å². The molecule has 0 unspecified atom stereocenters. The van der Waals surface area contributed by atoms with E-state index in [1.165, 1.54) is 12.1 Å². The lowest BCUT2D eigenvalue weighted by molar-refractivity contribution is -0.125. The zero-order valence-electron chi connectivity index (χ0n) is 16.4. The fourth-order valence-electron chi connectivity index (χ4n) is 3.70. The van der Waals surface area contributed by atoms with Crippen LogP contribution < -0.4 is 10.2 Å². The highest BCUT2D eigenvalue weighted by atomic mass is 19.1. The predicted molar refractivity (Wildman–Crippen MR) is 111 cm³/mol. The fraction of sp³-hybridized carbons (Fsp3) is 0.261. The molecule has 0 radical (unpaired) electrons. The summed E-state index contributed by atoms with van der Waals surface area (Å²) in [5, 5.41) is 11.5. The quantitative estimate of drug-likeness (QED) is 0.695. The van der Waals surface area contributed by atoms with Gasteiger partial charge < -0.3 is 10.2 Å². The number of piperidine rings is 1. The second kappa shape index (κ2) is 8.98. The van der Waals surface area contributed by atoms with Gasteiger partial charge in [-0.2, -0.15) is 0 Å². The summed E-state index contributed by atoms with van der Waals surface area (Å²) in [5.41, 5.74) is 2.20. The molecule has 1 aliphatic rings. The number of halogens is 2. The summed E-state index contributed by atoms with van der Waals surface area (Å²) in [7, 11) is 0. The molecule has 1 aromatic heterocycles. The van der Waals surface area contributed by atoms with Crippen molar-refractivity contribution in [2.75, 3.05) is 18.0 Å². The van der Waals surface area contributed by atoms with Crippen molar-refractivity contribution >= 4 is 11.7 Å². The Balaban J connectivity index is 1.37. The Morgan fingerprint density at radius 1 is 1.03 bits per heavy atom. The molecule has 154 valence electrons. The Bertz CT molecular complexity index is 991. The van der Waals surface area contributed by atoms with Crippen LogP contribution in [0.1, 0.15) is 18.4 Å². The van der Waals surface area contributed by atoms with Gasteiger partial charge >= 0.3 is 0 Å². The Morgan fingerprint density at radius 3 is 2.50 bits per heavy atom. The largest absolute Gasteiger partial charge is 0.354 e. The molecule has 5 nitrogen and oxygen atoms in total. The van der Waals surface area contributed by atoms with Crippen LogP contribution in [0.4, 0.5) is 14.6 Å². The third-order valence-electron chi connectivity index (χ3n) is 5.23. The maximum atomic E-state index is 13.3. The van der Waals surface area contributed by atoms with Crippen LogP contribution in [0.3, 0.4) is 0 Å². The number of hydrogen-bond acceptors (Lipinski definition) is 4. The number of amides is 1. The highest BCUT2D eigenvalue weighted by Gasteiger charge is 2.26. The highest BCUT2D eigenvalue weighted by Crippen LogP contribution is 2.23. The topological polar surface area (TPSA) is 58.1 Å². The van der Waals surface area contributed by atoms with Crippen molar-refractivity contribution in [2.24, 2.45) is 5.92 Å². The molecule has 3 aromatic rings. The van der Waals surface area contributed by atoms with E-state index in [-0.39, 0.29) is 18.4 Å². The van der Waals surface area contributed by atoms with Crippen LogP contribution in [0.15, 0.2) is 60.7 Å². The Labute approximate surface area is 173 Å². The van der Waals surface area contributed by atoms with Crippen LogP contribution in [0.2, 0.25) is 0 Å². The number of benzene rings is 2. The minimum Gasteiger partial charge on any atom is -0.354 e. The van der Waals surface area contributed by atoms with E-state index in [2.05, 4.69) is 20.4 Å². The van der Waals surface area contributed by atoms with Crippen molar-refractivity contribution in [1.29, 1.82) is 0 Å². The summed E-state index contributed by atoms with van der Waals surface area (Å²) >= 11 is 0. The van der Waals surface area contributed by atoms with Crippen LogP contribution in [-0.2, 0) is 11.3 Å². The van der Waals surface area contributed by atoms with Crippen molar-refractivity contribution in [2.45, 2.75) is 19.4 Å². The van der Waals surface area contributed by atoms with E-state index < -0.39 is 11.6 Å². The molecule has 1 aliphatic heterocycles. The maximum absolute atomic E-state index is 13.3. The van der Waals surface area contributed by atoms with E-state index in [9.17, 15) is 13.6 Å². The molecule has 0 aliphatic carbocycles. The molecule has 0 saturated carbocycles. The van der Waals surface area contributed by atoms with Gasteiger partial charge in [-0.25, -0.2) is 8.78 Å².